The lowest BCUT2D eigenvalue weighted by molar-refractivity contribution is -0.121. The lowest BCUT2D eigenvalue weighted by Gasteiger charge is -2.19. The Morgan fingerprint density at radius 2 is 1.97 bits per heavy atom. The molecule has 2 aliphatic heterocycles. The number of carbonyl (C=O) groups excluding carboxylic acids is 3. The highest BCUT2D eigenvalue weighted by molar-refractivity contribution is 5.99. The third-order valence-electron chi connectivity index (χ3n) is 4.99. The van der Waals surface area contributed by atoms with Crippen LogP contribution >= 0.6 is 0 Å². The number of amides is 2. The molecule has 2 amide bonds. The molecule has 0 aromatic heterocycles. The van der Waals surface area contributed by atoms with Crippen LogP contribution in [0.25, 0.3) is 0 Å². The molecule has 8 heteroatoms. The molecule has 1 atom stereocenters. The maximum absolute atomic E-state index is 12.6. The lowest BCUT2D eigenvalue weighted by Crippen LogP contribution is -2.33. The Labute approximate surface area is 167 Å². The highest BCUT2D eigenvalue weighted by Crippen LogP contribution is 2.33. The fourth-order valence-corrected chi connectivity index (χ4v) is 3.51. The maximum Gasteiger partial charge on any atom is 0.414 e. The van der Waals surface area contributed by atoms with Gasteiger partial charge in [-0.05, 0) is 42.3 Å². The molecule has 8 nitrogen and oxygen atoms in total. The molecule has 1 saturated heterocycles. The van der Waals surface area contributed by atoms with E-state index in [0.717, 1.165) is 11.3 Å². The number of hydrogen-bond donors (Lipinski definition) is 1. The van der Waals surface area contributed by atoms with Gasteiger partial charge in [0, 0.05) is 17.9 Å². The normalized spacial score (nSPS) is 17.8. The van der Waals surface area contributed by atoms with Gasteiger partial charge in [0.05, 0.1) is 18.7 Å². The number of esters is 1. The Kier molecular flexibility index (Phi) is 5.18. The van der Waals surface area contributed by atoms with Crippen molar-refractivity contribution in [2.75, 3.05) is 36.1 Å². The third-order valence-corrected chi connectivity index (χ3v) is 4.99. The van der Waals surface area contributed by atoms with Crippen LogP contribution in [-0.4, -0.2) is 55.5 Å². The Bertz CT molecular complexity index is 945. The first kappa shape index (κ1) is 18.9. The van der Waals surface area contributed by atoms with Crippen molar-refractivity contribution in [3.63, 3.8) is 0 Å². The van der Waals surface area contributed by atoms with Crippen LogP contribution in [0.1, 0.15) is 15.9 Å². The molecule has 150 valence electrons. The summed E-state index contributed by atoms with van der Waals surface area (Å²) in [7, 11) is 0. The fraction of sp³-hybridized carbons (Fsp3) is 0.286. The van der Waals surface area contributed by atoms with Gasteiger partial charge in [0.2, 0.25) is 0 Å². The summed E-state index contributed by atoms with van der Waals surface area (Å²) in [5.74, 6) is -0.846. The van der Waals surface area contributed by atoms with Crippen molar-refractivity contribution in [1.82, 2.24) is 0 Å². The van der Waals surface area contributed by atoms with E-state index in [1.54, 1.807) is 47.4 Å². The number of nitrogens with zero attached hydrogens (tertiary/aromatic N) is 2. The van der Waals surface area contributed by atoms with Crippen LogP contribution in [0.15, 0.2) is 48.5 Å². The highest BCUT2D eigenvalue weighted by atomic mass is 16.6. The molecule has 0 radical (unpaired) electrons. The summed E-state index contributed by atoms with van der Waals surface area (Å²) < 4.78 is 10.2. The van der Waals surface area contributed by atoms with Gasteiger partial charge in [-0.3, -0.25) is 9.69 Å². The quantitative estimate of drug-likeness (QED) is 0.774. The summed E-state index contributed by atoms with van der Waals surface area (Å²) >= 11 is 0. The number of rotatable bonds is 5. The molecule has 2 heterocycles. The van der Waals surface area contributed by atoms with Gasteiger partial charge in [0.1, 0.15) is 6.10 Å². The summed E-state index contributed by atoms with van der Waals surface area (Å²) in [6, 6.07) is 13.9. The Morgan fingerprint density at radius 3 is 2.69 bits per heavy atom. The zero-order chi connectivity index (χ0) is 20.4. The minimum absolute atomic E-state index is 0.225. The minimum Gasteiger partial charge on any atom is -0.452 e. The van der Waals surface area contributed by atoms with E-state index in [4.69, 9.17) is 9.47 Å². The molecule has 4 rings (SSSR count). The monoisotopic (exact) mass is 396 g/mol. The molecule has 2 aromatic carbocycles. The number of aliphatic hydroxyl groups is 1. The summed E-state index contributed by atoms with van der Waals surface area (Å²) in [5.41, 5.74) is 2.71. The van der Waals surface area contributed by atoms with Crippen molar-refractivity contribution in [1.29, 1.82) is 0 Å². The van der Waals surface area contributed by atoms with Crippen LogP contribution in [-0.2, 0) is 20.7 Å². The molecule has 0 unspecified atom stereocenters. The van der Waals surface area contributed by atoms with Crippen molar-refractivity contribution in [2.24, 2.45) is 0 Å². The fourth-order valence-electron chi connectivity index (χ4n) is 3.51. The zero-order valence-electron chi connectivity index (χ0n) is 15.6. The number of benzene rings is 2. The average molecular weight is 396 g/mol. The SMILES string of the molecule is O=C(OCC(=O)N1CCc2cc(N3C[C@H](CO)OC3=O)ccc21)c1ccccc1. The molecule has 1 fully saturated rings. The van der Waals surface area contributed by atoms with Crippen molar-refractivity contribution < 1.29 is 29.0 Å². The number of cyclic esters (lactones) is 1. The first-order chi connectivity index (χ1) is 14.1. The minimum atomic E-state index is -0.542. The van der Waals surface area contributed by atoms with Crippen LogP contribution in [0.5, 0.6) is 0 Å². The number of ether oxygens (including phenoxy) is 2. The largest absolute Gasteiger partial charge is 0.452 e. The van der Waals surface area contributed by atoms with Crippen LogP contribution in [0, 0.1) is 0 Å². The lowest BCUT2D eigenvalue weighted by atomic mass is 10.1. The van der Waals surface area contributed by atoms with E-state index >= 15 is 0 Å². The first-order valence-electron chi connectivity index (χ1n) is 9.31. The van der Waals surface area contributed by atoms with Gasteiger partial charge < -0.3 is 19.5 Å². The molecule has 2 aromatic rings. The predicted octanol–water partition coefficient (Wildman–Crippen LogP) is 1.75. The van der Waals surface area contributed by atoms with Crippen LogP contribution in [0.4, 0.5) is 16.2 Å². The van der Waals surface area contributed by atoms with E-state index in [2.05, 4.69) is 0 Å². The Balaban J connectivity index is 1.41. The van der Waals surface area contributed by atoms with E-state index in [9.17, 15) is 19.5 Å². The van der Waals surface area contributed by atoms with E-state index in [1.807, 2.05) is 6.07 Å². The van der Waals surface area contributed by atoms with Crippen LogP contribution in [0.3, 0.4) is 0 Å². The first-order valence-corrected chi connectivity index (χ1v) is 9.31. The van der Waals surface area contributed by atoms with Crippen LogP contribution in [0.2, 0.25) is 0 Å². The number of anilines is 2. The molecule has 0 spiro atoms. The summed E-state index contributed by atoms with van der Waals surface area (Å²) in [4.78, 5) is 39.6. The van der Waals surface area contributed by atoms with E-state index in [-0.39, 0.29) is 25.7 Å². The zero-order valence-corrected chi connectivity index (χ0v) is 15.6. The summed E-state index contributed by atoms with van der Waals surface area (Å²) in [6.07, 6.45) is -0.399. The summed E-state index contributed by atoms with van der Waals surface area (Å²) in [6.45, 7) is 0.194. The van der Waals surface area contributed by atoms with Gasteiger partial charge in [-0.2, -0.15) is 0 Å². The maximum atomic E-state index is 12.6. The number of aliphatic hydroxyl groups excluding tert-OH is 1. The van der Waals surface area contributed by atoms with Crippen molar-refractivity contribution in [3.8, 4) is 0 Å². The molecule has 1 N–H and O–H groups in total. The second-order valence-electron chi connectivity index (χ2n) is 6.85. The van der Waals surface area contributed by atoms with Gasteiger partial charge >= 0.3 is 12.1 Å². The molecule has 29 heavy (non-hydrogen) atoms. The second-order valence-corrected chi connectivity index (χ2v) is 6.85. The van der Waals surface area contributed by atoms with Gasteiger partial charge in [-0.1, -0.05) is 18.2 Å². The Hall–Kier alpha value is -3.39. The smallest absolute Gasteiger partial charge is 0.414 e. The highest BCUT2D eigenvalue weighted by Gasteiger charge is 2.33. The molecule has 0 aliphatic carbocycles. The van der Waals surface area contributed by atoms with Gasteiger partial charge in [-0.25, -0.2) is 9.59 Å². The van der Waals surface area contributed by atoms with Crippen molar-refractivity contribution in [3.05, 3.63) is 59.7 Å². The molecule has 2 aliphatic rings. The van der Waals surface area contributed by atoms with Crippen LogP contribution < -0.4 is 9.80 Å². The summed E-state index contributed by atoms with van der Waals surface area (Å²) in [5, 5.41) is 9.18. The van der Waals surface area contributed by atoms with Gasteiger partial charge in [0.25, 0.3) is 5.91 Å². The number of hydrogen-bond acceptors (Lipinski definition) is 6. The molecule has 0 bridgehead atoms. The van der Waals surface area contributed by atoms with E-state index in [1.165, 1.54) is 4.90 Å². The average Bonchev–Trinajstić information content (AvgIpc) is 3.35. The standard InChI is InChI=1S/C21H20N2O6/c24-12-17-11-23(21(27)29-17)16-6-7-18-15(10-16)8-9-22(18)19(25)13-28-20(26)14-4-2-1-3-5-14/h1-7,10,17,24H,8-9,11-13H2/t17-/m1/s1. The number of fused-ring (bicyclic) bond motifs is 1. The van der Waals surface area contributed by atoms with Crippen molar-refractivity contribution in [2.45, 2.75) is 12.5 Å². The second kappa shape index (κ2) is 7.92. The van der Waals surface area contributed by atoms with Crippen molar-refractivity contribution >= 4 is 29.3 Å². The van der Waals surface area contributed by atoms with Gasteiger partial charge in [-0.15, -0.1) is 0 Å². The van der Waals surface area contributed by atoms with E-state index in [0.29, 0.717) is 24.2 Å². The third kappa shape index (κ3) is 3.79. The number of carbonyl (C=O) groups is 3. The Morgan fingerprint density at radius 1 is 1.17 bits per heavy atom. The molecular formula is C21H20N2O6. The van der Waals surface area contributed by atoms with E-state index < -0.39 is 18.2 Å². The molecule has 0 saturated carbocycles. The molecular weight excluding hydrogens is 376 g/mol. The van der Waals surface area contributed by atoms with Gasteiger partial charge in [0.15, 0.2) is 6.61 Å². The predicted molar refractivity (Wildman–Crippen MR) is 104 cm³/mol. The topological polar surface area (TPSA) is 96.4 Å².